The molecular formula is C14H24O3Si. The van der Waals surface area contributed by atoms with Gasteiger partial charge in [-0.3, -0.25) is 0 Å². The van der Waals surface area contributed by atoms with Gasteiger partial charge in [0.05, 0.1) is 0 Å². The first kappa shape index (κ1) is 17.1. The first-order chi connectivity index (χ1) is 8.74. The summed E-state index contributed by atoms with van der Waals surface area (Å²) in [5.74, 6) is 0. The van der Waals surface area contributed by atoms with Crippen LogP contribution < -0.4 is 0 Å². The molecule has 0 aromatic rings. The van der Waals surface area contributed by atoms with Gasteiger partial charge >= 0.3 is 8.80 Å². The summed E-state index contributed by atoms with van der Waals surface area (Å²) in [6, 6.07) is 0. The highest BCUT2D eigenvalue weighted by molar-refractivity contribution is 6.66. The highest BCUT2D eigenvalue weighted by atomic mass is 28.4. The highest BCUT2D eigenvalue weighted by Crippen LogP contribution is 2.11. The van der Waals surface area contributed by atoms with Crippen LogP contribution in [0, 0.1) is 0 Å². The molecule has 0 aliphatic carbocycles. The zero-order valence-corrected chi connectivity index (χ0v) is 12.6. The third-order valence-electron chi connectivity index (χ3n) is 1.92. The Labute approximate surface area is 112 Å². The van der Waals surface area contributed by atoms with Crippen LogP contribution in [0.2, 0.25) is 0 Å². The van der Waals surface area contributed by atoms with Gasteiger partial charge < -0.3 is 13.3 Å². The lowest BCUT2D eigenvalue weighted by molar-refractivity contribution is 0.0843. The van der Waals surface area contributed by atoms with Crippen molar-refractivity contribution in [2.45, 2.75) is 20.8 Å². The Kier molecular flexibility index (Phi) is 10.6. The van der Waals surface area contributed by atoms with Gasteiger partial charge in [0.15, 0.2) is 0 Å². The number of allylic oxidation sites excluding steroid dienone is 6. The molecule has 0 amide bonds. The summed E-state index contributed by atoms with van der Waals surface area (Å²) in [5.41, 5.74) is 1.90. The van der Waals surface area contributed by atoms with E-state index < -0.39 is 8.80 Å². The molecule has 0 saturated carbocycles. The van der Waals surface area contributed by atoms with Crippen molar-refractivity contribution in [2.75, 3.05) is 19.8 Å². The maximum atomic E-state index is 5.68. The van der Waals surface area contributed by atoms with Gasteiger partial charge in [0.2, 0.25) is 0 Å². The van der Waals surface area contributed by atoms with E-state index in [0.29, 0.717) is 19.8 Å². The van der Waals surface area contributed by atoms with Gasteiger partial charge in [-0.25, -0.2) is 0 Å². The molecule has 102 valence electrons. The van der Waals surface area contributed by atoms with E-state index in [0.717, 1.165) is 0 Å². The van der Waals surface area contributed by atoms with Gasteiger partial charge in [0, 0.05) is 19.8 Å². The van der Waals surface area contributed by atoms with Crippen molar-refractivity contribution < 1.29 is 13.3 Å². The number of hydrogen-bond donors (Lipinski definition) is 0. The molecule has 0 bridgehead atoms. The summed E-state index contributed by atoms with van der Waals surface area (Å²) in [6.45, 7) is 11.2. The fourth-order valence-corrected chi connectivity index (χ4v) is 3.41. The molecule has 0 rings (SSSR count). The van der Waals surface area contributed by atoms with Crippen molar-refractivity contribution in [1.29, 1.82) is 0 Å². The standard InChI is InChI=1S/C14H24O3Si/c1-5-9-10-11-12-13-14-18(15-6-2,16-7-3)17-8-4/h5,9-14H,1,6-8H2,2-4H3/b10-9+,12-11+,14-13+. The summed E-state index contributed by atoms with van der Waals surface area (Å²) in [7, 11) is -2.64. The van der Waals surface area contributed by atoms with Crippen molar-refractivity contribution in [3.8, 4) is 0 Å². The van der Waals surface area contributed by atoms with Crippen molar-refractivity contribution >= 4 is 8.80 Å². The van der Waals surface area contributed by atoms with Crippen LogP contribution in [0.3, 0.4) is 0 Å². The predicted molar refractivity (Wildman–Crippen MR) is 78.2 cm³/mol. The van der Waals surface area contributed by atoms with Crippen molar-refractivity contribution in [1.82, 2.24) is 0 Å². The van der Waals surface area contributed by atoms with Crippen LogP contribution in [0.1, 0.15) is 20.8 Å². The SMILES string of the molecule is C=C/C=C/C=C/C=C/[Si](OCC)(OCC)OCC. The first-order valence-electron chi connectivity index (χ1n) is 6.30. The topological polar surface area (TPSA) is 27.7 Å². The fourth-order valence-electron chi connectivity index (χ4n) is 1.32. The molecule has 3 nitrogen and oxygen atoms in total. The summed E-state index contributed by atoms with van der Waals surface area (Å²) >= 11 is 0. The van der Waals surface area contributed by atoms with Crippen LogP contribution in [0.15, 0.2) is 48.7 Å². The Morgan fingerprint density at radius 3 is 1.67 bits per heavy atom. The number of hydrogen-bond acceptors (Lipinski definition) is 3. The van der Waals surface area contributed by atoms with Gasteiger partial charge in [0.25, 0.3) is 0 Å². The van der Waals surface area contributed by atoms with Crippen LogP contribution in [0.4, 0.5) is 0 Å². The van der Waals surface area contributed by atoms with Crippen molar-refractivity contribution in [3.05, 3.63) is 48.7 Å². The van der Waals surface area contributed by atoms with E-state index in [2.05, 4.69) is 6.58 Å². The molecule has 0 aromatic heterocycles. The van der Waals surface area contributed by atoms with Crippen LogP contribution in [0.25, 0.3) is 0 Å². The zero-order valence-electron chi connectivity index (χ0n) is 11.6. The Morgan fingerprint density at radius 2 is 1.22 bits per heavy atom. The fraction of sp³-hybridized carbons (Fsp3) is 0.429. The minimum absolute atomic E-state index is 0.580. The molecule has 0 spiro atoms. The van der Waals surface area contributed by atoms with Gasteiger partial charge in [-0.15, -0.1) is 0 Å². The Bertz CT molecular complexity index is 278. The van der Waals surface area contributed by atoms with Crippen LogP contribution in [-0.2, 0) is 13.3 Å². The van der Waals surface area contributed by atoms with E-state index in [1.807, 2.05) is 56.9 Å². The molecule has 18 heavy (non-hydrogen) atoms. The van der Waals surface area contributed by atoms with E-state index in [4.69, 9.17) is 13.3 Å². The zero-order chi connectivity index (χ0) is 13.7. The third-order valence-corrected chi connectivity index (χ3v) is 4.59. The molecule has 0 radical (unpaired) electrons. The summed E-state index contributed by atoms with van der Waals surface area (Å²) in [4.78, 5) is 0. The molecule has 0 unspecified atom stereocenters. The molecule has 0 aromatic carbocycles. The van der Waals surface area contributed by atoms with E-state index >= 15 is 0 Å². The third kappa shape index (κ3) is 7.40. The largest absolute Gasteiger partial charge is 0.529 e. The molecule has 0 heterocycles. The minimum Gasteiger partial charge on any atom is -0.371 e. The lowest BCUT2D eigenvalue weighted by atomic mass is 10.4. The maximum absolute atomic E-state index is 5.68. The molecule has 0 atom stereocenters. The smallest absolute Gasteiger partial charge is 0.371 e. The van der Waals surface area contributed by atoms with Crippen molar-refractivity contribution in [3.63, 3.8) is 0 Å². The number of rotatable bonds is 10. The van der Waals surface area contributed by atoms with Gasteiger partial charge in [-0.05, 0) is 26.5 Å². The molecule has 0 saturated heterocycles. The summed E-state index contributed by atoms with van der Waals surface area (Å²) in [6.07, 6.45) is 11.2. The van der Waals surface area contributed by atoms with Gasteiger partial charge in [0.1, 0.15) is 0 Å². The lowest BCUT2D eigenvalue weighted by Crippen LogP contribution is -2.44. The second-order valence-corrected chi connectivity index (χ2v) is 5.67. The minimum atomic E-state index is -2.64. The lowest BCUT2D eigenvalue weighted by Gasteiger charge is -2.25. The molecule has 0 aliphatic heterocycles. The second-order valence-electron chi connectivity index (χ2n) is 3.27. The first-order valence-corrected chi connectivity index (χ1v) is 8.10. The maximum Gasteiger partial charge on any atom is 0.529 e. The predicted octanol–water partition coefficient (Wildman–Crippen LogP) is 3.43. The van der Waals surface area contributed by atoms with Crippen molar-refractivity contribution in [2.24, 2.45) is 0 Å². The van der Waals surface area contributed by atoms with E-state index in [1.54, 1.807) is 6.08 Å². The Morgan fingerprint density at radius 1 is 0.778 bits per heavy atom. The van der Waals surface area contributed by atoms with Crippen LogP contribution in [0.5, 0.6) is 0 Å². The summed E-state index contributed by atoms with van der Waals surface area (Å²) < 4.78 is 17.0. The van der Waals surface area contributed by atoms with E-state index in [1.165, 1.54) is 0 Å². The summed E-state index contributed by atoms with van der Waals surface area (Å²) in [5, 5.41) is 0. The highest BCUT2D eigenvalue weighted by Gasteiger charge is 2.37. The molecular weight excluding hydrogens is 244 g/mol. The molecule has 0 N–H and O–H groups in total. The Balaban J connectivity index is 4.62. The Hall–Kier alpha value is -0.943. The van der Waals surface area contributed by atoms with Crippen LogP contribution in [-0.4, -0.2) is 28.6 Å². The van der Waals surface area contributed by atoms with Gasteiger partial charge in [-0.1, -0.05) is 43.0 Å². The van der Waals surface area contributed by atoms with E-state index in [-0.39, 0.29) is 0 Å². The monoisotopic (exact) mass is 268 g/mol. The normalized spacial score (nSPS) is 13.1. The average molecular weight is 268 g/mol. The average Bonchev–Trinajstić information content (AvgIpc) is 2.35. The van der Waals surface area contributed by atoms with E-state index in [9.17, 15) is 0 Å². The second kappa shape index (κ2) is 11.2. The molecule has 4 heteroatoms. The molecule has 0 fully saturated rings. The van der Waals surface area contributed by atoms with Gasteiger partial charge in [-0.2, -0.15) is 0 Å². The van der Waals surface area contributed by atoms with Crippen LogP contribution >= 0.6 is 0 Å². The molecule has 0 aliphatic rings. The quantitative estimate of drug-likeness (QED) is 0.449.